The van der Waals surface area contributed by atoms with Gasteiger partial charge < -0.3 is 9.80 Å². The fourth-order valence-corrected chi connectivity index (χ4v) is 5.38. The lowest BCUT2D eigenvalue weighted by Gasteiger charge is -2.34. The highest BCUT2D eigenvalue weighted by Gasteiger charge is 2.30. The second-order valence-electron chi connectivity index (χ2n) is 8.06. The number of nitrogens with zero attached hydrogens (tertiary/aromatic N) is 4. The number of benzene rings is 2. The van der Waals surface area contributed by atoms with E-state index in [9.17, 15) is 14.4 Å². The summed E-state index contributed by atoms with van der Waals surface area (Å²) >= 11 is 1.70. The van der Waals surface area contributed by atoms with Crippen LogP contribution in [0.3, 0.4) is 0 Å². The number of carbonyl (C=O) groups is 3. The fourth-order valence-electron chi connectivity index (χ4n) is 4.32. The van der Waals surface area contributed by atoms with Crippen LogP contribution in [0.2, 0.25) is 0 Å². The first-order valence-corrected chi connectivity index (χ1v) is 11.8. The van der Waals surface area contributed by atoms with Crippen LogP contribution in [-0.4, -0.2) is 53.8 Å². The van der Waals surface area contributed by atoms with Crippen molar-refractivity contribution in [2.75, 3.05) is 36.0 Å². The summed E-state index contributed by atoms with van der Waals surface area (Å²) in [6.45, 7) is 4.87. The number of fused-ring (bicyclic) bond motifs is 1. The Morgan fingerprint density at radius 3 is 2.31 bits per heavy atom. The predicted molar refractivity (Wildman–Crippen MR) is 125 cm³/mol. The molecule has 0 unspecified atom stereocenters. The van der Waals surface area contributed by atoms with Gasteiger partial charge in [0, 0.05) is 44.6 Å². The van der Waals surface area contributed by atoms with E-state index in [4.69, 9.17) is 4.98 Å². The molecule has 1 aromatic heterocycles. The van der Waals surface area contributed by atoms with E-state index in [0.29, 0.717) is 24.3 Å². The highest BCUT2D eigenvalue weighted by molar-refractivity contribution is 7.22. The molecule has 2 aliphatic rings. The van der Waals surface area contributed by atoms with Crippen molar-refractivity contribution < 1.29 is 14.4 Å². The van der Waals surface area contributed by atoms with Gasteiger partial charge in [-0.15, -0.1) is 0 Å². The number of hydrogen-bond donors (Lipinski definition) is 0. The number of imide groups is 1. The number of hydrogen-bond acceptors (Lipinski definition) is 6. The molecule has 2 saturated heterocycles. The van der Waals surface area contributed by atoms with Crippen LogP contribution in [0.5, 0.6) is 0 Å². The van der Waals surface area contributed by atoms with E-state index in [0.717, 1.165) is 30.2 Å². The van der Waals surface area contributed by atoms with Crippen LogP contribution >= 0.6 is 11.3 Å². The Balaban J connectivity index is 1.25. The average Bonchev–Trinajstić information content (AvgIpc) is 3.41. The first-order valence-electron chi connectivity index (χ1n) is 10.9. The van der Waals surface area contributed by atoms with E-state index in [1.165, 1.54) is 15.2 Å². The monoisotopic (exact) mass is 448 g/mol. The molecule has 0 radical (unpaired) electrons. The van der Waals surface area contributed by atoms with E-state index in [2.05, 4.69) is 30.0 Å². The summed E-state index contributed by atoms with van der Waals surface area (Å²) in [7, 11) is 0. The number of rotatable bonds is 4. The van der Waals surface area contributed by atoms with Crippen molar-refractivity contribution in [3.05, 3.63) is 53.6 Å². The van der Waals surface area contributed by atoms with Gasteiger partial charge in [0.1, 0.15) is 0 Å². The van der Waals surface area contributed by atoms with Crippen molar-refractivity contribution in [1.82, 2.24) is 9.88 Å². The summed E-state index contributed by atoms with van der Waals surface area (Å²) in [5.74, 6) is -0.412. The van der Waals surface area contributed by atoms with Crippen LogP contribution in [0, 0.1) is 0 Å². The number of aromatic nitrogens is 1. The van der Waals surface area contributed by atoms with Crippen LogP contribution in [0.15, 0.2) is 42.5 Å². The first-order chi connectivity index (χ1) is 15.5. The molecule has 3 heterocycles. The lowest BCUT2D eigenvalue weighted by Crippen LogP contribution is -2.48. The fraction of sp³-hybridized carbons (Fsp3) is 0.333. The van der Waals surface area contributed by atoms with Crippen molar-refractivity contribution in [3.8, 4) is 0 Å². The molecule has 8 heteroatoms. The van der Waals surface area contributed by atoms with Gasteiger partial charge in [-0.2, -0.15) is 0 Å². The molecule has 0 atom stereocenters. The normalized spacial score (nSPS) is 17.0. The van der Waals surface area contributed by atoms with Crippen LogP contribution in [0.1, 0.15) is 35.7 Å². The van der Waals surface area contributed by atoms with Gasteiger partial charge in [-0.1, -0.05) is 30.4 Å². The lowest BCUT2D eigenvalue weighted by molar-refractivity contribution is -0.121. The lowest BCUT2D eigenvalue weighted by atomic mass is 10.1. The highest BCUT2D eigenvalue weighted by atomic mass is 32.1. The van der Waals surface area contributed by atoms with Crippen molar-refractivity contribution in [2.24, 2.45) is 0 Å². The third kappa shape index (κ3) is 3.64. The second-order valence-corrected chi connectivity index (χ2v) is 9.07. The molecule has 7 nitrogen and oxygen atoms in total. The molecule has 0 saturated carbocycles. The Morgan fingerprint density at radius 1 is 0.969 bits per heavy atom. The zero-order valence-corrected chi connectivity index (χ0v) is 18.7. The van der Waals surface area contributed by atoms with Gasteiger partial charge in [-0.3, -0.25) is 19.3 Å². The van der Waals surface area contributed by atoms with Crippen LogP contribution in [0.25, 0.3) is 10.2 Å². The largest absolute Gasteiger partial charge is 0.345 e. The van der Waals surface area contributed by atoms with Crippen molar-refractivity contribution in [3.63, 3.8) is 0 Å². The number of aryl methyl sites for hydroxylation is 1. The molecule has 3 amide bonds. The molecular formula is C24H24N4O3S. The van der Waals surface area contributed by atoms with E-state index in [-0.39, 0.29) is 30.6 Å². The Bertz CT molecular complexity index is 1180. The molecule has 32 heavy (non-hydrogen) atoms. The second kappa shape index (κ2) is 8.35. The summed E-state index contributed by atoms with van der Waals surface area (Å²) < 4.78 is 1.20. The minimum atomic E-state index is -0.189. The van der Waals surface area contributed by atoms with Gasteiger partial charge in [0.05, 0.1) is 15.9 Å². The van der Waals surface area contributed by atoms with Gasteiger partial charge in [0.25, 0.3) is 5.91 Å². The third-order valence-electron chi connectivity index (χ3n) is 6.13. The number of piperazine rings is 1. The highest BCUT2D eigenvalue weighted by Crippen LogP contribution is 2.31. The van der Waals surface area contributed by atoms with Gasteiger partial charge in [0.15, 0.2) is 5.13 Å². The Hall–Kier alpha value is -3.26. The van der Waals surface area contributed by atoms with Gasteiger partial charge >= 0.3 is 0 Å². The van der Waals surface area contributed by atoms with Crippen molar-refractivity contribution in [1.29, 1.82) is 0 Å². The standard InChI is InChI=1S/C24H24N4O3S/c1-2-16-4-3-5-19-22(16)25-24(32-19)27-14-12-26(13-15-27)23(31)17-6-8-18(9-7-17)28-20(29)10-11-21(28)30/h3-9H,2,10-15H2,1H3. The summed E-state index contributed by atoms with van der Waals surface area (Å²) in [6, 6.07) is 13.1. The van der Waals surface area contributed by atoms with Crippen molar-refractivity contribution in [2.45, 2.75) is 26.2 Å². The first kappa shape index (κ1) is 20.6. The Labute approximate surface area is 190 Å². The smallest absolute Gasteiger partial charge is 0.253 e. The van der Waals surface area contributed by atoms with Crippen molar-refractivity contribution >= 4 is 50.1 Å². The summed E-state index contributed by atoms with van der Waals surface area (Å²) in [5.41, 5.74) is 3.44. The third-order valence-corrected chi connectivity index (χ3v) is 7.21. The van der Waals surface area contributed by atoms with E-state index >= 15 is 0 Å². The Kier molecular flexibility index (Phi) is 5.38. The summed E-state index contributed by atoms with van der Waals surface area (Å²) in [5, 5.41) is 1.01. The molecule has 3 aromatic rings. The van der Waals surface area contributed by atoms with E-state index < -0.39 is 0 Å². The maximum atomic E-state index is 13.0. The SMILES string of the molecule is CCc1cccc2sc(N3CCN(C(=O)c4ccc(N5C(=O)CCC5=O)cc4)CC3)nc12. The maximum absolute atomic E-state index is 13.0. The molecule has 2 fully saturated rings. The molecular weight excluding hydrogens is 424 g/mol. The number of thiazole rings is 1. The van der Waals surface area contributed by atoms with Gasteiger partial charge in [-0.25, -0.2) is 4.98 Å². The zero-order valence-electron chi connectivity index (χ0n) is 17.9. The zero-order chi connectivity index (χ0) is 22.2. The van der Waals surface area contributed by atoms with E-state index in [1.807, 2.05) is 4.90 Å². The molecule has 0 bridgehead atoms. The van der Waals surface area contributed by atoms with Gasteiger partial charge in [-0.05, 0) is 42.3 Å². The molecule has 0 spiro atoms. The Morgan fingerprint density at radius 2 is 1.66 bits per heavy atom. The molecule has 5 rings (SSSR count). The van der Waals surface area contributed by atoms with Crippen LogP contribution in [0.4, 0.5) is 10.8 Å². The predicted octanol–water partition coefficient (Wildman–Crippen LogP) is 3.47. The number of para-hydroxylation sites is 1. The van der Waals surface area contributed by atoms with E-state index in [1.54, 1.807) is 35.6 Å². The minimum absolute atomic E-state index is 0.0344. The number of amides is 3. The summed E-state index contributed by atoms with van der Waals surface area (Å²) in [6.07, 6.45) is 1.46. The molecule has 0 aliphatic carbocycles. The van der Waals surface area contributed by atoms with Crippen LogP contribution in [-0.2, 0) is 16.0 Å². The van der Waals surface area contributed by atoms with Crippen LogP contribution < -0.4 is 9.80 Å². The average molecular weight is 449 g/mol. The quantitative estimate of drug-likeness (QED) is 0.572. The minimum Gasteiger partial charge on any atom is -0.345 e. The molecule has 2 aromatic carbocycles. The maximum Gasteiger partial charge on any atom is 0.253 e. The number of anilines is 2. The molecule has 164 valence electrons. The number of carbonyl (C=O) groups excluding carboxylic acids is 3. The topological polar surface area (TPSA) is 73.8 Å². The van der Waals surface area contributed by atoms with Gasteiger partial charge in [0.2, 0.25) is 11.8 Å². The molecule has 0 N–H and O–H groups in total. The summed E-state index contributed by atoms with van der Waals surface area (Å²) in [4.78, 5) is 47.0. The molecule has 2 aliphatic heterocycles.